The molecule has 1 atom stereocenters. The highest BCUT2D eigenvalue weighted by Crippen LogP contribution is 2.30. The van der Waals surface area contributed by atoms with Crippen molar-refractivity contribution in [3.8, 4) is 0 Å². The van der Waals surface area contributed by atoms with Crippen LogP contribution in [0, 0.1) is 0 Å². The van der Waals surface area contributed by atoms with E-state index in [4.69, 9.17) is 5.73 Å². The van der Waals surface area contributed by atoms with Gasteiger partial charge in [-0.15, -0.1) is 0 Å². The molecule has 1 fully saturated rings. The van der Waals surface area contributed by atoms with Gasteiger partial charge in [-0.2, -0.15) is 13.2 Å². The maximum absolute atomic E-state index is 12.3. The van der Waals surface area contributed by atoms with Crippen LogP contribution >= 0.6 is 0 Å². The molecule has 0 aromatic carbocycles. The molecule has 0 aromatic rings. The molecule has 0 heterocycles. The highest BCUT2D eigenvalue weighted by atomic mass is 19.4. The van der Waals surface area contributed by atoms with Crippen molar-refractivity contribution in [1.29, 1.82) is 0 Å². The standard InChI is InChI=1S/C10H17F3N2O2/c1-17-9(16)8(14)4-5-15(7-2-3-7)6-10(11,12)13/h7-8H,2-6,14H2,1H3. The summed E-state index contributed by atoms with van der Waals surface area (Å²) < 4.78 is 41.3. The summed E-state index contributed by atoms with van der Waals surface area (Å²) in [6, 6.07) is -0.865. The number of nitrogens with zero attached hydrogens (tertiary/aromatic N) is 1. The molecule has 0 saturated heterocycles. The van der Waals surface area contributed by atoms with Crippen LogP contribution < -0.4 is 5.73 Å². The number of nitrogens with two attached hydrogens (primary N) is 1. The Kier molecular flexibility index (Phi) is 4.76. The van der Waals surface area contributed by atoms with Gasteiger partial charge in [-0.1, -0.05) is 0 Å². The van der Waals surface area contributed by atoms with Gasteiger partial charge in [0.05, 0.1) is 13.7 Å². The highest BCUT2D eigenvalue weighted by Gasteiger charge is 2.38. The summed E-state index contributed by atoms with van der Waals surface area (Å²) in [6.45, 7) is -0.772. The minimum absolute atomic E-state index is 0.0125. The Bertz CT molecular complexity index is 267. The summed E-state index contributed by atoms with van der Waals surface area (Å²) in [5, 5.41) is 0. The number of rotatable bonds is 6. The van der Waals surface area contributed by atoms with Gasteiger partial charge in [0.2, 0.25) is 0 Å². The molecule has 0 spiro atoms. The van der Waals surface area contributed by atoms with Gasteiger partial charge in [-0.3, -0.25) is 9.69 Å². The number of carbonyl (C=O) groups excluding carboxylic acids is 1. The molecule has 0 radical (unpaired) electrons. The average Bonchev–Trinajstić information content (AvgIpc) is 3.04. The van der Waals surface area contributed by atoms with Crippen molar-refractivity contribution in [3.63, 3.8) is 0 Å². The molecule has 100 valence electrons. The lowest BCUT2D eigenvalue weighted by Crippen LogP contribution is -2.40. The SMILES string of the molecule is COC(=O)C(N)CCN(CC(F)(F)F)C1CC1. The molecule has 1 aliphatic carbocycles. The fourth-order valence-electron chi connectivity index (χ4n) is 1.63. The second-order valence-corrected chi connectivity index (χ2v) is 4.24. The minimum atomic E-state index is -4.21. The monoisotopic (exact) mass is 254 g/mol. The van der Waals surface area contributed by atoms with E-state index >= 15 is 0 Å². The Morgan fingerprint density at radius 2 is 2.12 bits per heavy atom. The average molecular weight is 254 g/mol. The largest absolute Gasteiger partial charge is 0.468 e. The summed E-state index contributed by atoms with van der Waals surface area (Å²) in [4.78, 5) is 12.3. The van der Waals surface area contributed by atoms with Crippen molar-refractivity contribution in [2.24, 2.45) is 5.73 Å². The molecule has 7 heteroatoms. The maximum atomic E-state index is 12.3. The van der Waals surface area contributed by atoms with Gasteiger partial charge in [0.15, 0.2) is 0 Å². The first-order valence-corrected chi connectivity index (χ1v) is 5.47. The van der Waals surface area contributed by atoms with Crippen molar-refractivity contribution >= 4 is 5.97 Å². The third-order valence-corrected chi connectivity index (χ3v) is 2.68. The van der Waals surface area contributed by atoms with E-state index in [0.717, 1.165) is 12.8 Å². The van der Waals surface area contributed by atoms with E-state index in [1.807, 2.05) is 0 Å². The van der Waals surface area contributed by atoms with Crippen molar-refractivity contribution < 1.29 is 22.7 Å². The van der Waals surface area contributed by atoms with Crippen LogP contribution in [0.15, 0.2) is 0 Å². The molecule has 4 nitrogen and oxygen atoms in total. The number of halogens is 3. The van der Waals surface area contributed by atoms with Gasteiger partial charge in [-0.05, 0) is 19.3 Å². The number of hydrogen-bond donors (Lipinski definition) is 1. The molecule has 1 aliphatic rings. The molecule has 0 bridgehead atoms. The van der Waals surface area contributed by atoms with E-state index in [0.29, 0.717) is 0 Å². The molecule has 17 heavy (non-hydrogen) atoms. The molecular formula is C10H17F3N2O2. The lowest BCUT2D eigenvalue weighted by molar-refractivity contribution is -0.148. The zero-order valence-electron chi connectivity index (χ0n) is 9.67. The van der Waals surface area contributed by atoms with E-state index in [9.17, 15) is 18.0 Å². The van der Waals surface area contributed by atoms with Gasteiger partial charge in [0, 0.05) is 12.6 Å². The second-order valence-electron chi connectivity index (χ2n) is 4.24. The first-order valence-electron chi connectivity index (χ1n) is 5.47. The van der Waals surface area contributed by atoms with Gasteiger partial charge in [0.1, 0.15) is 6.04 Å². The Morgan fingerprint density at radius 3 is 2.53 bits per heavy atom. The number of esters is 1. The normalized spacial score (nSPS) is 18.2. The maximum Gasteiger partial charge on any atom is 0.401 e. The molecule has 1 saturated carbocycles. The van der Waals surface area contributed by atoms with E-state index in [-0.39, 0.29) is 19.0 Å². The summed E-state index contributed by atoms with van der Waals surface area (Å²) in [5.41, 5.74) is 5.48. The molecule has 1 unspecified atom stereocenters. The highest BCUT2D eigenvalue weighted by molar-refractivity contribution is 5.75. The first kappa shape index (κ1) is 14.2. The third kappa shape index (κ3) is 5.36. The Labute approximate surface area is 97.9 Å². The summed E-state index contributed by atoms with van der Waals surface area (Å²) in [5.74, 6) is -0.590. The number of alkyl halides is 3. The summed E-state index contributed by atoms with van der Waals surface area (Å²) in [7, 11) is 1.20. The van der Waals surface area contributed by atoms with Crippen molar-refractivity contribution in [1.82, 2.24) is 4.90 Å². The summed E-state index contributed by atoms with van der Waals surface area (Å²) >= 11 is 0. The van der Waals surface area contributed by atoms with Crippen molar-refractivity contribution in [3.05, 3.63) is 0 Å². The molecular weight excluding hydrogens is 237 g/mol. The van der Waals surface area contributed by atoms with Crippen molar-refractivity contribution in [2.45, 2.75) is 37.5 Å². The predicted molar refractivity (Wildman–Crippen MR) is 55.3 cm³/mol. The molecule has 1 rings (SSSR count). The van der Waals surface area contributed by atoms with E-state index in [1.165, 1.54) is 12.0 Å². The van der Waals surface area contributed by atoms with Gasteiger partial charge >= 0.3 is 12.1 Å². The van der Waals surface area contributed by atoms with Crippen LogP contribution in [0.2, 0.25) is 0 Å². The van der Waals surface area contributed by atoms with Gasteiger partial charge < -0.3 is 10.5 Å². The number of methoxy groups -OCH3 is 1. The van der Waals surface area contributed by atoms with E-state index in [2.05, 4.69) is 4.74 Å². The fraction of sp³-hybridized carbons (Fsp3) is 0.900. The minimum Gasteiger partial charge on any atom is -0.468 e. The lowest BCUT2D eigenvalue weighted by Gasteiger charge is -2.24. The molecule has 0 aliphatic heterocycles. The van der Waals surface area contributed by atoms with Gasteiger partial charge in [-0.25, -0.2) is 0 Å². The van der Waals surface area contributed by atoms with Crippen LogP contribution in [0.5, 0.6) is 0 Å². The van der Waals surface area contributed by atoms with Crippen LogP contribution in [0.3, 0.4) is 0 Å². The lowest BCUT2D eigenvalue weighted by atomic mass is 10.2. The van der Waals surface area contributed by atoms with Crippen molar-refractivity contribution in [2.75, 3.05) is 20.2 Å². The zero-order chi connectivity index (χ0) is 13.1. The molecule has 0 aromatic heterocycles. The number of ether oxygens (including phenoxy) is 1. The van der Waals surface area contributed by atoms with Crippen LogP contribution in [-0.2, 0) is 9.53 Å². The fourth-order valence-corrected chi connectivity index (χ4v) is 1.63. The number of hydrogen-bond acceptors (Lipinski definition) is 4. The van der Waals surface area contributed by atoms with Crippen LogP contribution in [-0.4, -0.2) is 49.3 Å². The van der Waals surface area contributed by atoms with Crippen LogP contribution in [0.25, 0.3) is 0 Å². The third-order valence-electron chi connectivity index (χ3n) is 2.68. The Hall–Kier alpha value is -0.820. The van der Waals surface area contributed by atoms with Gasteiger partial charge in [0.25, 0.3) is 0 Å². The number of carbonyl (C=O) groups is 1. The zero-order valence-corrected chi connectivity index (χ0v) is 9.67. The van der Waals surface area contributed by atoms with Crippen LogP contribution in [0.4, 0.5) is 13.2 Å². The summed E-state index contributed by atoms with van der Waals surface area (Å²) in [6.07, 6.45) is -2.47. The topological polar surface area (TPSA) is 55.6 Å². The molecule has 0 amide bonds. The first-order chi connectivity index (χ1) is 7.83. The quantitative estimate of drug-likeness (QED) is 0.716. The van der Waals surface area contributed by atoms with E-state index in [1.54, 1.807) is 0 Å². The smallest absolute Gasteiger partial charge is 0.401 e. The van der Waals surface area contributed by atoms with Crippen LogP contribution in [0.1, 0.15) is 19.3 Å². The van der Waals surface area contributed by atoms with E-state index < -0.39 is 24.7 Å². The Balaban J connectivity index is 2.37. The predicted octanol–water partition coefficient (Wildman–Crippen LogP) is 0.903. The second kappa shape index (κ2) is 5.68. The Morgan fingerprint density at radius 1 is 1.53 bits per heavy atom. The molecule has 2 N–H and O–H groups in total.